The van der Waals surface area contributed by atoms with Crippen molar-refractivity contribution in [2.45, 2.75) is 45.4 Å². The smallest absolute Gasteiger partial charge is 0.222 e. The second-order valence-corrected chi connectivity index (χ2v) is 7.38. The minimum Gasteiger partial charge on any atom is -0.343 e. The maximum Gasteiger partial charge on any atom is 0.222 e. The molecule has 0 atom stereocenters. The van der Waals surface area contributed by atoms with Crippen LogP contribution in [0.25, 0.3) is 0 Å². The van der Waals surface area contributed by atoms with Crippen molar-refractivity contribution in [2.75, 3.05) is 26.2 Å². The van der Waals surface area contributed by atoms with E-state index in [2.05, 4.69) is 0 Å². The average Bonchev–Trinajstić information content (AvgIpc) is 2.63. The van der Waals surface area contributed by atoms with Gasteiger partial charge in [0.2, 0.25) is 11.8 Å². The fraction of sp³-hybridized carbons (Fsp3) is 0.600. The van der Waals surface area contributed by atoms with E-state index in [0.29, 0.717) is 24.8 Å². The Hall–Kier alpha value is -1.91. The topological polar surface area (TPSA) is 40.6 Å². The van der Waals surface area contributed by atoms with E-state index in [1.165, 1.54) is 6.07 Å². The lowest BCUT2D eigenvalue weighted by Gasteiger charge is -2.47. The number of likely N-dealkylation sites (tertiary alicyclic amines) is 2. The molecule has 0 saturated carbocycles. The summed E-state index contributed by atoms with van der Waals surface area (Å²) in [6.07, 6.45) is 4.30. The first kappa shape index (κ1) is 17.9. The molecule has 1 spiro atoms. The van der Waals surface area contributed by atoms with Crippen molar-refractivity contribution in [2.24, 2.45) is 5.41 Å². The Bertz CT molecular complexity index is 638. The molecule has 2 aliphatic heterocycles. The first-order valence-corrected chi connectivity index (χ1v) is 9.32. The molecule has 0 radical (unpaired) electrons. The summed E-state index contributed by atoms with van der Waals surface area (Å²) in [6.45, 7) is 5.13. The van der Waals surface area contributed by atoms with Crippen LogP contribution in [-0.4, -0.2) is 47.8 Å². The van der Waals surface area contributed by atoms with Crippen LogP contribution < -0.4 is 0 Å². The van der Waals surface area contributed by atoms with Crippen molar-refractivity contribution in [3.8, 4) is 0 Å². The summed E-state index contributed by atoms with van der Waals surface area (Å²) < 4.78 is 13.7. The predicted octanol–water partition coefficient (Wildman–Crippen LogP) is 3.01. The molecule has 1 aromatic rings. The van der Waals surface area contributed by atoms with Crippen LogP contribution >= 0.6 is 0 Å². The number of amides is 2. The van der Waals surface area contributed by atoms with Gasteiger partial charge in [-0.3, -0.25) is 9.59 Å². The standard InChI is InChI=1S/C20H27FN2O2/c1-2-22-15-20(10-9-19(22)25)11-13-23(14-12-20)18(24)8-7-16-5-3-4-6-17(16)21/h3-6H,2,7-15H2,1H3. The number of halogens is 1. The minimum absolute atomic E-state index is 0.109. The van der Waals surface area contributed by atoms with Gasteiger partial charge in [-0.2, -0.15) is 0 Å². The largest absolute Gasteiger partial charge is 0.343 e. The van der Waals surface area contributed by atoms with Gasteiger partial charge in [-0.05, 0) is 49.7 Å². The Balaban J connectivity index is 1.51. The van der Waals surface area contributed by atoms with E-state index in [9.17, 15) is 14.0 Å². The molecule has 0 unspecified atom stereocenters. The molecule has 2 heterocycles. The van der Waals surface area contributed by atoms with E-state index >= 15 is 0 Å². The molecule has 2 amide bonds. The summed E-state index contributed by atoms with van der Waals surface area (Å²) >= 11 is 0. The van der Waals surface area contributed by atoms with Crippen molar-refractivity contribution >= 4 is 11.8 Å². The number of piperidine rings is 2. The van der Waals surface area contributed by atoms with Gasteiger partial charge in [-0.15, -0.1) is 0 Å². The highest BCUT2D eigenvalue weighted by molar-refractivity contribution is 5.77. The molecule has 4 nitrogen and oxygen atoms in total. The number of nitrogens with zero attached hydrogens (tertiary/aromatic N) is 2. The lowest BCUT2D eigenvalue weighted by Crippen LogP contribution is -2.52. The van der Waals surface area contributed by atoms with Gasteiger partial charge in [0.05, 0.1) is 0 Å². The number of hydrogen-bond donors (Lipinski definition) is 0. The fourth-order valence-electron chi connectivity index (χ4n) is 4.13. The summed E-state index contributed by atoms with van der Waals surface area (Å²) in [6, 6.07) is 6.65. The van der Waals surface area contributed by atoms with E-state index in [1.807, 2.05) is 16.7 Å². The van der Waals surface area contributed by atoms with Gasteiger partial charge in [0.15, 0.2) is 0 Å². The maximum atomic E-state index is 13.7. The van der Waals surface area contributed by atoms with Crippen molar-refractivity contribution in [3.05, 3.63) is 35.6 Å². The Morgan fingerprint density at radius 3 is 2.60 bits per heavy atom. The summed E-state index contributed by atoms with van der Waals surface area (Å²) in [5.74, 6) is 0.133. The van der Waals surface area contributed by atoms with E-state index < -0.39 is 0 Å². The predicted molar refractivity (Wildman–Crippen MR) is 94.5 cm³/mol. The highest BCUT2D eigenvalue weighted by Gasteiger charge is 2.41. The molecule has 25 heavy (non-hydrogen) atoms. The van der Waals surface area contributed by atoms with Gasteiger partial charge in [-0.25, -0.2) is 4.39 Å². The van der Waals surface area contributed by atoms with Gasteiger partial charge >= 0.3 is 0 Å². The minimum atomic E-state index is -0.237. The summed E-state index contributed by atoms with van der Waals surface area (Å²) in [7, 11) is 0. The van der Waals surface area contributed by atoms with Gasteiger partial charge in [0.1, 0.15) is 5.82 Å². The van der Waals surface area contributed by atoms with Crippen LogP contribution in [0.5, 0.6) is 0 Å². The van der Waals surface area contributed by atoms with Gasteiger partial charge < -0.3 is 9.80 Å². The monoisotopic (exact) mass is 346 g/mol. The van der Waals surface area contributed by atoms with Crippen molar-refractivity contribution < 1.29 is 14.0 Å². The lowest BCUT2D eigenvalue weighted by atomic mass is 9.72. The molecule has 0 N–H and O–H groups in total. The number of benzene rings is 1. The Morgan fingerprint density at radius 2 is 1.92 bits per heavy atom. The Kier molecular flexibility index (Phi) is 5.40. The second kappa shape index (κ2) is 7.54. The molecular weight excluding hydrogens is 319 g/mol. The second-order valence-electron chi connectivity index (χ2n) is 7.38. The number of hydrogen-bond acceptors (Lipinski definition) is 2. The lowest BCUT2D eigenvalue weighted by molar-refractivity contribution is -0.142. The van der Waals surface area contributed by atoms with E-state index in [1.54, 1.807) is 18.2 Å². The SMILES string of the molecule is CCN1CC2(CCC1=O)CCN(C(=O)CCc1ccccc1F)CC2. The first-order valence-electron chi connectivity index (χ1n) is 9.32. The van der Waals surface area contributed by atoms with Gasteiger partial charge in [0, 0.05) is 39.0 Å². The Labute approximate surface area is 149 Å². The molecular formula is C20H27FN2O2. The highest BCUT2D eigenvalue weighted by Crippen LogP contribution is 2.40. The van der Waals surface area contributed by atoms with Crippen LogP contribution in [0.4, 0.5) is 4.39 Å². The molecule has 1 aromatic carbocycles. The van der Waals surface area contributed by atoms with E-state index in [0.717, 1.165) is 45.4 Å². The molecule has 0 aliphatic carbocycles. The third-order valence-electron chi connectivity index (χ3n) is 5.87. The third-order valence-corrected chi connectivity index (χ3v) is 5.87. The third kappa shape index (κ3) is 4.02. The highest BCUT2D eigenvalue weighted by atomic mass is 19.1. The normalized spacial score (nSPS) is 20.2. The molecule has 0 bridgehead atoms. The quantitative estimate of drug-likeness (QED) is 0.841. The molecule has 3 rings (SSSR count). The van der Waals surface area contributed by atoms with E-state index in [-0.39, 0.29) is 23.0 Å². The molecule has 2 aliphatic rings. The van der Waals surface area contributed by atoms with E-state index in [4.69, 9.17) is 0 Å². The van der Waals surface area contributed by atoms with Crippen LogP contribution in [-0.2, 0) is 16.0 Å². The van der Waals surface area contributed by atoms with Crippen LogP contribution in [0.2, 0.25) is 0 Å². The van der Waals surface area contributed by atoms with Crippen LogP contribution in [0.15, 0.2) is 24.3 Å². The first-order chi connectivity index (χ1) is 12.0. The van der Waals surface area contributed by atoms with Crippen molar-refractivity contribution in [1.29, 1.82) is 0 Å². The maximum absolute atomic E-state index is 13.7. The number of aryl methyl sites for hydroxylation is 1. The summed E-state index contributed by atoms with van der Waals surface area (Å²) in [5.41, 5.74) is 0.792. The molecule has 0 aromatic heterocycles. The number of carbonyl (C=O) groups excluding carboxylic acids is 2. The zero-order valence-electron chi connectivity index (χ0n) is 15.0. The zero-order valence-corrected chi connectivity index (χ0v) is 15.0. The van der Waals surface area contributed by atoms with Gasteiger partial charge in [0.25, 0.3) is 0 Å². The summed E-state index contributed by atoms with van der Waals surface area (Å²) in [4.78, 5) is 28.2. The van der Waals surface area contributed by atoms with Gasteiger partial charge in [-0.1, -0.05) is 18.2 Å². The number of rotatable bonds is 4. The average molecular weight is 346 g/mol. The molecule has 2 saturated heterocycles. The molecule has 136 valence electrons. The van der Waals surface area contributed by atoms with Crippen LogP contribution in [0, 0.1) is 11.2 Å². The van der Waals surface area contributed by atoms with Crippen molar-refractivity contribution in [1.82, 2.24) is 9.80 Å². The Morgan fingerprint density at radius 1 is 1.20 bits per heavy atom. The van der Waals surface area contributed by atoms with Crippen LogP contribution in [0.1, 0.15) is 44.6 Å². The number of carbonyl (C=O) groups is 2. The van der Waals surface area contributed by atoms with Crippen LogP contribution in [0.3, 0.4) is 0 Å². The molecule has 2 fully saturated rings. The zero-order chi connectivity index (χ0) is 17.9. The summed E-state index contributed by atoms with van der Waals surface area (Å²) in [5, 5.41) is 0. The fourth-order valence-corrected chi connectivity index (χ4v) is 4.13. The molecule has 5 heteroatoms. The van der Waals surface area contributed by atoms with Crippen molar-refractivity contribution in [3.63, 3.8) is 0 Å².